The standard InChI is InChI=1S/C9H10N2O/c1-6-5-7-9(11-6)8(12-2)3-4-10-7/h3-5,11H,1-2H3. The van der Waals surface area contributed by atoms with Gasteiger partial charge in [0.25, 0.3) is 0 Å². The second-order valence-electron chi connectivity index (χ2n) is 2.73. The van der Waals surface area contributed by atoms with E-state index >= 15 is 0 Å². The Labute approximate surface area is 70.4 Å². The molecule has 0 aromatic carbocycles. The van der Waals surface area contributed by atoms with Gasteiger partial charge in [-0.05, 0) is 13.0 Å². The van der Waals surface area contributed by atoms with Crippen LogP contribution in [0.3, 0.4) is 0 Å². The third-order valence-corrected chi connectivity index (χ3v) is 1.84. The lowest BCUT2D eigenvalue weighted by Gasteiger charge is -1.98. The normalized spacial score (nSPS) is 10.5. The van der Waals surface area contributed by atoms with Gasteiger partial charge in [0.15, 0.2) is 0 Å². The first kappa shape index (κ1) is 7.16. The van der Waals surface area contributed by atoms with Gasteiger partial charge in [0.1, 0.15) is 11.3 Å². The summed E-state index contributed by atoms with van der Waals surface area (Å²) in [6.45, 7) is 2.00. The van der Waals surface area contributed by atoms with Crippen molar-refractivity contribution in [3.8, 4) is 5.75 Å². The number of aromatic nitrogens is 2. The van der Waals surface area contributed by atoms with Crippen molar-refractivity contribution in [3.63, 3.8) is 0 Å². The number of aryl methyl sites for hydroxylation is 1. The number of fused-ring (bicyclic) bond motifs is 1. The van der Waals surface area contributed by atoms with E-state index in [0.717, 1.165) is 22.5 Å². The number of ether oxygens (including phenoxy) is 1. The van der Waals surface area contributed by atoms with E-state index in [0.29, 0.717) is 0 Å². The van der Waals surface area contributed by atoms with Gasteiger partial charge in [-0.3, -0.25) is 4.98 Å². The van der Waals surface area contributed by atoms with Crippen LogP contribution >= 0.6 is 0 Å². The lowest BCUT2D eigenvalue weighted by atomic mass is 10.3. The minimum Gasteiger partial charge on any atom is -0.494 e. The second kappa shape index (κ2) is 2.52. The molecule has 0 saturated heterocycles. The maximum absolute atomic E-state index is 5.17. The molecule has 2 aromatic rings. The van der Waals surface area contributed by atoms with Crippen molar-refractivity contribution in [2.24, 2.45) is 0 Å². The molecule has 0 fully saturated rings. The molecule has 3 nitrogen and oxygen atoms in total. The molecule has 2 heterocycles. The van der Waals surface area contributed by atoms with E-state index in [2.05, 4.69) is 9.97 Å². The molecule has 2 aromatic heterocycles. The Hall–Kier alpha value is -1.51. The summed E-state index contributed by atoms with van der Waals surface area (Å²) in [7, 11) is 1.66. The lowest BCUT2D eigenvalue weighted by molar-refractivity contribution is 0.418. The SMILES string of the molecule is COc1ccnc2cc(C)[nH]c12. The molecule has 62 valence electrons. The van der Waals surface area contributed by atoms with Gasteiger partial charge in [-0.25, -0.2) is 0 Å². The fourth-order valence-electron chi connectivity index (χ4n) is 1.30. The van der Waals surface area contributed by atoms with Crippen LogP contribution in [0.5, 0.6) is 5.75 Å². The smallest absolute Gasteiger partial charge is 0.146 e. The van der Waals surface area contributed by atoms with Gasteiger partial charge in [-0.2, -0.15) is 0 Å². The highest BCUT2D eigenvalue weighted by molar-refractivity contribution is 5.82. The van der Waals surface area contributed by atoms with E-state index in [9.17, 15) is 0 Å². The van der Waals surface area contributed by atoms with E-state index < -0.39 is 0 Å². The number of pyridine rings is 1. The fraction of sp³-hybridized carbons (Fsp3) is 0.222. The Morgan fingerprint density at radius 3 is 3.08 bits per heavy atom. The van der Waals surface area contributed by atoms with Crippen LogP contribution in [-0.2, 0) is 0 Å². The van der Waals surface area contributed by atoms with Crippen molar-refractivity contribution >= 4 is 11.0 Å². The zero-order valence-electron chi connectivity index (χ0n) is 7.09. The highest BCUT2D eigenvalue weighted by Gasteiger charge is 2.03. The van der Waals surface area contributed by atoms with Crippen LogP contribution < -0.4 is 4.74 Å². The quantitative estimate of drug-likeness (QED) is 0.695. The molecule has 0 amide bonds. The van der Waals surface area contributed by atoms with Crippen LogP contribution in [0, 0.1) is 6.92 Å². The molecular formula is C9H10N2O. The Morgan fingerprint density at radius 1 is 1.50 bits per heavy atom. The molecule has 0 aliphatic carbocycles. The molecule has 0 atom stereocenters. The number of rotatable bonds is 1. The molecule has 0 aliphatic rings. The van der Waals surface area contributed by atoms with E-state index in [4.69, 9.17) is 4.74 Å². The second-order valence-corrected chi connectivity index (χ2v) is 2.73. The number of aromatic amines is 1. The van der Waals surface area contributed by atoms with Crippen LogP contribution in [0.2, 0.25) is 0 Å². The van der Waals surface area contributed by atoms with Gasteiger partial charge in [0.2, 0.25) is 0 Å². The van der Waals surface area contributed by atoms with Gasteiger partial charge >= 0.3 is 0 Å². The summed E-state index contributed by atoms with van der Waals surface area (Å²) in [5, 5.41) is 0. The van der Waals surface area contributed by atoms with Crippen LogP contribution in [-0.4, -0.2) is 17.1 Å². The molecule has 12 heavy (non-hydrogen) atoms. The highest BCUT2D eigenvalue weighted by atomic mass is 16.5. The van der Waals surface area contributed by atoms with Crippen molar-refractivity contribution in [1.29, 1.82) is 0 Å². The minimum atomic E-state index is 0.841. The van der Waals surface area contributed by atoms with E-state index in [1.54, 1.807) is 13.3 Å². The van der Waals surface area contributed by atoms with Gasteiger partial charge in [0, 0.05) is 18.0 Å². The summed E-state index contributed by atoms with van der Waals surface area (Å²) in [4.78, 5) is 7.39. The van der Waals surface area contributed by atoms with Crippen molar-refractivity contribution in [1.82, 2.24) is 9.97 Å². The molecule has 0 spiro atoms. The third kappa shape index (κ3) is 0.942. The van der Waals surface area contributed by atoms with E-state index in [1.807, 2.05) is 19.1 Å². The summed E-state index contributed by atoms with van der Waals surface area (Å²) >= 11 is 0. The third-order valence-electron chi connectivity index (χ3n) is 1.84. The Balaban J connectivity index is 2.78. The van der Waals surface area contributed by atoms with Crippen LogP contribution in [0.25, 0.3) is 11.0 Å². The van der Waals surface area contributed by atoms with Gasteiger partial charge in [-0.15, -0.1) is 0 Å². The number of nitrogens with one attached hydrogen (secondary N) is 1. The molecule has 2 rings (SSSR count). The maximum Gasteiger partial charge on any atom is 0.146 e. The summed E-state index contributed by atoms with van der Waals surface area (Å²) in [5.41, 5.74) is 3.02. The summed E-state index contributed by atoms with van der Waals surface area (Å²) in [5.74, 6) is 0.841. The highest BCUT2D eigenvalue weighted by Crippen LogP contribution is 2.22. The molecule has 0 aliphatic heterocycles. The molecule has 0 bridgehead atoms. The molecule has 0 unspecified atom stereocenters. The zero-order chi connectivity index (χ0) is 8.55. The molecular weight excluding hydrogens is 152 g/mol. The first-order valence-corrected chi connectivity index (χ1v) is 3.79. The van der Waals surface area contributed by atoms with Gasteiger partial charge < -0.3 is 9.72 Å². The monoisotopic (exact) mass is 162 g/mol. The number of H-pyrrole nitrogens is 1. The summed E-state index contributed by atoms with van der Waals surface area (Å²) in [6, 6.07) is 3.84. The van der Waals surface area contributed by atoms with Crippen LogP contribution in [0.1, 0.15) is 5.69 Å². The van der Waals surface area contributed by atoms with E-state index in [-0.39, 0.29) is 0 Å². The van der Waals surface area contributed by atoms with Crippen LogP contribution in [0.15, 0.2) is 18.3 Å². The molecule has 0 saturated carbocycles. The average molecular weight is 162 g/mol. The number of hydrogen-bond donors (Lipinski definition) is 1. The van der Waals surface area contributed by atoms with Crippen molar-refractivity contribution in [3.05, 3.63) is 24.0 Å². The summed E-state index contributed by atoms with van der Waals surface area (Å²) < 4.78 is 5.17. The topological polar surface area (TPSA) is 37.9 Å². The van der Waals surface area contributed by atoms with Crippen LogP contribution in [0.4, 0.5) is 0 Å². The average Bonchev–Trinajstić information content (AvgIpc) is 2.44. The molecule has 3 heteroatoms. The predicted molar refractivity (Wildman–Crippen MR) is 47.4 cm³/mol. The first-order valence-electron chi connectivity index (χ1n) is 3.79. The Morgan fingerprint density at radius 2 is 2.33 bits per heavy atom. The Bertz CT molecular complexity index is 406. The van der Waals surface area contributed by atoms with Gasteiger partial charge in [-0.1, -0.05) is 0 Å². The molecule has 0 radical (unpaired) electrons. The predicted octanol–water partition coefficient (Wildman–Crippen LogP) is 1.88. The Kier molecular flexibility index (Phi) is 1.50. The van der Waals surface area contributed by atoms with Crippen molar-refractivity contribution < 1.29 is 4.74 Å². The zero-order valence-corrected chi connectivity index (χ0v) is 7.09. The maximum atomic E-state index is 5.17. The number of methoxy groups -OCH3 is 1. The first-order chi connectivity index (χ1) is 5.81. The lowest BCUT2D eigenvalue weighted by Crippen LogP contribution is -1.84. The number of nitrogens with zero attached hydrogens (tertiary/aromatic N) is 1. The fourth-order valence-corrected chi connectivity index (χ4v) is 1.30. The van der Waals surface area contributed by atoms with E-state index in [1.165, 1.54) is 0 Å². The minimum absolute atomic E-state index is 0.841. The van der Waals surface area contributed by atoms with Crippen molar-refractivity contribution in [2.45, 2.75) is 6.92 Å². The van der Waals surface area contributed by atoms with Gasteiger partial charge in [0.05, 0.1) is 12.6 Å². The molecule has 1 N–H and O–H groups in total. The number of hydrogen-bond acceptors (Lipinski definition) is 2. The largest absolute Gasteiger partial charge is 0.494 e. The van der Waals surface area contributed by atoms with Crippen molar-refractivity contribution in [2.75, 3.05) is 7.11 Å². The summed E-state index contributed by atoms with van der Waals surface area (Å²) in [6.07, 6.45) is 1.74.